The zero-order valence-corrected chi connectivity index (χ0v) is 7.54. The van der Waals surface area contributed by atoms with Crippen LogP contribution in [0.5, 0.6) is 0 Å². The molecule has 0 aromatic heterocycles. The molecule has 70 valence electrons. The van der Waals surface area contributed by atoms with Crippen LogP contribution in [0.25, 0.3) is 0 Å². The van der Waals surface area contributed by atoms with Crippen LogP contribution in [-0.2, 0) is 9.59 Å². The standard InChI is InChI=1S/C10H12O3/c1-2-3-7-8(6-11)10(13)5-4-9(7)12/h4-5,11H,2-3,6H2,1H3. The second kappa shape index (κ2) is 4.14. The van der Waals surface area contributed by atoms with Crippen LogP contribution in [0.1, 0.15) is 19.8 Å². The summed E-state index contributed by atoms with van der Waals surface area (Å²) < 4.78 is 0. The van der Waals surface area contributed by atoms with Crippen molar-refractivity contribution in [1.29, 1.82) is 0 Å². The van der Waals surface area contributed by atoms with E-state index in [2.05, 4.69) is 0 Å². The van der Waals surface area contributed by atoms with Crippen molar-refractivity contribution in [2.45, 2.75) is 19.8 Å². The van der Waals surface area contributed by atoms with Crippen LogP contribution in [0.15, 0.2) is 23.3 Å². The van der Waals surface area contributed by atoms with Crippen molar-refractivity contribution in [1.82, 2.24) is 0 Å². The number of aliphatic hydroxyl groups excluding tert-OH is 1. The van der Waals surface area contributed by atoms with Gasteiger partial charge in [0.1, 0.15) is 0 Å². The maximum absolute atomic E-state index is 11.3. The topological polar surface area (TPSA) is 54.4 Å². The van der Waals surface area contributed by atoms with Gasteiger partial charge in [0.2, 0.25) is 0 Å². The number of allylic oxidation sites excluding steroid dienone is 3. The van der Waals surface area contributed by atoms with Gasteiger partial charge in [-0.15, -0.1) is 0 Å². The molecule has 0 aromatic carbocycles. The van der Waals surface area contributed by atoms with Gasteiger partial charge in [-0.05, 0) is 18.6 Å². The van der Waals surface area contributed by atoms with E-state index in [0.717, 1.165) is 6.42 Å². The minimum absolute atomic E-state index is 0.148. The van der Waals surface area contributed by atoms with Gasteiger partial charge in [0.15, 0.2) is 11.6 Å². The predicted molar refractivity (Wildman–Crippen MR) is 48.2 cm³/mol. The van der Waals surface area contributed by atoms with Gasteiger partial charge in [-0.1, -0.05) is 13.3 Å². The lowest BCUT2D eigenvalue weighted by Gasteiger charge is -2.11. The zero-order valence-electron chi connectivity index (χ0n) is 7.54. The molecule has 0 fully saturated rings. The smallest absolute Gasteiger partial charge is 0.184 e. The molecular formula is C10H12O3. The second-order valence-electron chi connectivity index (χ2n) is 2.93. The maximum atomic E-state index is 11.3. The van der Waals surface area contributed by atoms with Crippen LogP contribution in [0.4, 0.5) is 0 Å². The van der Waals surface area contributed by atoms with E-state index in [9.17, 15) is 9.59 Å². The number of ketones is 2. The summed E-state index contributed by atoms with van der Waals surface area (Å²) in [5.41, 5.74) is 0.729. The number of hydrogen-bond acceptors (Lipinski definition) is 3. The van der Waals surface area contributed by atoms with Crippen LogP contribution >= 0.6 is 0 Å². The molecule has 13 heavy (non-hydrogen) atoms. The third-order valence-corrected chi connectivity index (χ3v) is 2.00. The molecular weight excluding hydrogens is 168 g/mol. The molecule has 1 aliphatic rings. The lowest BCUT2D eigenvalue weighted by molar-refractivity contribution is -0.115. The maximum Gasteiger partial charge on any atom is 0.184 e. The number of carbonyl (C=O) groups excluding carboxylic acids is 2. The van der Waals surface area contributed by atoms with Crippen molar-refractivity contribution in [2.24, 2.45) is 0 Å². The van der Waals surface area contributed by atoms with Gasteiger partial charge >= 0.3 is 0 Å². The Hall–Kier alpha value is -1.22. The van der Waals surface area contributed by atoms with Gasteiger partial charge in [0.25, 0.3) is 0 Å². The monoisotopic (exact) mass is 180 g/mol. The van der Waals surface area contributed by atoms with Crippen molar-refractivity contribution in [3.63, 3.8) is 0 Å². The van der Waals surface area contributed by atoms with Crippen molar-refractivity contribution in [3.8, 4) is 0 Å². The predicted octanol–water partition coefficient (Wildman–Crippen LogP) is 0.783. The first-order valence-corrected chi connectivity index (χ1v) is 4.30. The first-order chi connectivity index (χ1) is 6.20. The van der Waals surface area contributed by atoms with E-state index >= 15 is 0 Å². The summed E-state index contributed by atoms with van der Waals surface area (Å²) in [5, 5.41) is 8.91. The highest BCUT2D eigenvalue weighted by Crippen LogP contribution is 2.18. The molecule has 0 heterocycles. The molecule has 0 aliphatic heterocycles. The van der Waals surface area contributed by atoms with Crippen LogP contribution in [0.2, 0.25) is 0 Å². The Labute approximate surface area is 76.8 Å². The highest BCUT2D eigenvalue weighted by Gasteiger charge is 2.20. The van der Waals surface area contributed by atoms with Gasteiger partial charge in [-0.2, -0.15) is 0 Å². The first-order valence-electron chi connectivity index (χ1n) is 4.30. The van der Waals surface area contributed by atoms with Crippen molar-refractivity contribution < 1.29 is 14.7 Å². The first kappa shape index (κ1) is 9.86. The molecule has 1 N–H and O–H groups in total. The third-order valence-electron chi connectivity index (χ3n) is 2.00. The summed E-state index contributed by atoms with van der Waals surface area (Å²) in [5.74, 6) is -0.393. The van der Waals surface area contributed by atoms with E-state index in [1.165, 1.54) is 12.2 Å². The molecule has 0 aromatic rings. The van der Waals surface area contributed by atoms with E-state index in [1.54, 1.807) is 0 Å². The second-order valence-corrected chi connectivity index (χ2v) is 2.93. The van der Waals surface area contributed by atoms with Gasteiger partial charge < -0.3 is 5.11 Å². The lowest BCUT2D eigenvalue weighted by atomic mass is 9.92. The fraction of sp³-hybridized carbons (Fsp3) is 0.400. The highest BCUT2D eigenvalue weighted by molar-refractivity contribution is 6.20. The van der Waals surface area contributed by atoms with Crippen molar-refractivity contribution in [2.75, 3.05) is 6.61 Å². The summed E-state index contributed by atoms with van der Waals surface area (Å²) >= 11 is 0. The average Bonchev–Trinajstić information content (AvgIpc) is 2.12. The normalized spacial score (nSPS) is 17.1. The van der Waals surface area contributed by atoms with E-state index in [0.29, 0.717) is 12.0 Å². The minimum atomic E-state index is -0.343. The summed E-state index contributed by atoms with van der Waals surface area (Å²) in [6, 6.07) is 0. The fourth-order valence-electron chi connectivity index (χ4n) is 1.35. The number of carbonyl (C=O) groups is 2. The van der Waals surface area contributed by atoms with Crippen LogP contribution in [0, 0.1) is 0 Å². The summed E-state index contributed by atoms with van der Waals surface area (Å²) in [6.07, 6.45) is 3.84. The Morgan fingerprint density at radius 2 is 1.69 bits per heavy atom. The summed E-state index contributed by atoms with van der Waals surface area (Å²) in [4.78, 5) is 22.5. The van der Waals surface area contributed by atoms with Crippen LogP contribution in [0.3, 0.4) is 0 Å². The number of rotatable bonds is 3. The van der Waals surface area contributed by atoms with E-state index in [-0.39, 0.29) is 23.7 Å². The molecule has 0 amide bonds. The number of aliphatic hydroxyl groups is 1. The Kier molecular flexibility index (Phi) is 3.14. The molecule has 0 saturated heterocycles. The molecule has 0 atom stereocenters. The Balaban J connectivity index is 3.03. The van der Waals surface area contributed by atoms with E-state index in [4.69, 9.17) is 5.11 Å². The van der Waals surface area contributed by atoms with Gasteiger partial charge in [-0.3, -0.25) is 9.59 Å². The fourth-order valence-corrected chi connectivity index (χ4v) is 1.35. The third kappa shape index (κ3) is 1.92. The van der Waals surface area contributed by atoms with Gasteiger partial charge in [0, 0.05) is 11.1 Å². The van der Waals surface area contributed by atoms with Crippen LogP contribution < -0.4 is 0 Å². The average molecular weight is 180 g/mol. The van der Waals surface area contributed by atoms with Crippen molar-refractivity contribution >= 4 is 11.6 Å². The van der Waals surface area contributed by atoms with Gasteiger partial charge in [0.05, 0.1) is 6.61 Å². The molecule has 0 spiro atoms. The SMILES string of the molecule is CCCC1=C(CO)C(=O)C=CC1=O. The zero-order chi connectivity index (χ0) is 9.84. The quantitative estimate of drug-likeness (QED) is 0.653. The largest absolute Gasteiger partial charge is 0.392 e. The molecule has 0 bridgehead atoms. The molecule has 3 heteroatoms. The lowest BCUT2D eigenvalue weighted by Crippen LogP contribution is -2.16. The summed E-state index contributed by atoms with van der Waals surface area (Å²) in [7, 11) is 0. The Morgan fingerprint density at radius 1 is 1.15 bits per heavy atom. The highest BCUT2D eigenvalue weighted by atomic mass is 16.3. The Bertz CT molecular complexity index is 297. The van der Waals surface area contributed by atoms with Crippen molar-refractivity contribution in [3.05, 3.63) is 23.3 Å². The number of hydrogen-bond donors (Lipinski definition) is 1. The van der Waals surface area contributed by atoms with E-state index in [1.807, 2.05) is 6.92 Å². The van der Waals surface area contributed by atoms with Crippen LogP contribution in [-0.4, -0.2) is 23.3 Å². The van der Waals surface area contributed by atoms with Gasteiger partial charge in [-0.25, -0.2) is 0 Å². The molecule has 3 nitrogen and oxygen atoms in total. The Morgan fingerprint density at radius 3 is 2.15 bits per heavy atom. The van der Waals surface area contributed by atoms with E-state index < -0.39 is 0 Å². The minimum Gasteiger partial charge on any atom is -0.392 e. The molecule has 1 rings (SSSR count). The molecule has 1 aliphatic carbocycles. The summed E-state index contributed by atoms with van der Waals surface area (Å²) in [6.45, 7) is 1.59. The molecule has 0 unspecified atom stereocenters. The molecule has 0 radical (unpaired) electrons. The molecule has 0 saturated carbocycles.